The van der Waals surface area contributed by atoms with Crippen LogP contribution in [-0.4, -0.2) is 48.0 Å². The van der Waals surface area contributed by atoms with E-state index in [1.165, 1.54) is 6.42 Å². The molecule has 0 fully saturated rings. The largest absolute Gasteiger partial charge is 0.508 e. The Hall–Kier alpha value is -2.83. The molecule has 4 rings (SSSR count). The molecule has 3 aromatic rings. The van der Waals surface area contributed by atoms with Crippen LogP contribution in [0.4, 0.5) is 0 Å². The Morgan fingerprint density at radius 3 is 2.27 bits per heavy atom. The van der Waals surface area contributed by atoms with Gasteiger partial charge in [-0.25, -0.2) is 0 Å². The number of aromatic hydroxyl groups is 2. The molecule has 0 spiro atoms. The van der Waals surface area contributed by atoms with Gasteiger partial charge in [-0.3, -0.25) is 0 Å². The van der Waals surface area contributed by atoms with Gasteiger partial charge in [0.2, 0.25) is 0 Å². The van der Waals surface area contributed by atoms with Gasteiger partial charge in [-0.2, -0.15) is 0 Å². The third-order valence-corrected chi connectivity index (χ3v) is 7.40. The number of nitrogens with zero attached hydrogens (tertiary/aromatic N) is 1. The maximum absolute atomic E-state index is 9.48. The van der Waals surface area contributed by atoms with Gasteiger partial charge in [0.25, 0.3) is 0 Å². The molecule has 3 atom stereocenters. The molecule has 37 heavy (non-hydrogen) atoms. The average Bonchev–Trinajstić information content (AvgIpc) is 2.93. The zero-order chi connectivity index (χ0) is 27.2. The van der Waals surface area contributed by atoms with Crippen molar-refractivity contribution in [1.29, 1.82) is 0 Å². The van der Waals surface area contributed by atoms with E-state index in [1.54, 1.807) is 42.1 Å². The van der Waals surface area contributed by atoms with Crippen LogP contribution in [0.2, 0.25) is 0 Å². The van der Waals surface area contributed by atoms with Crippen LogP contribution in [-0.2, 0) is 0 Å². The molecule has 0 aliphatic carbocycles. The molecule has 0 amide bonds. The van der Waals surface area contributed by atoms with Crippen molar-refractivity contribution < 1.29 is 19.7 Å². The maximum atomic E-state index is 9.48. The molecule has 0 aromatic heterocycles. The van der Waals surface area contributed by atoms with Gasteiger partial charge in [0.05, 0.1) is 10.1 Å². The minimum Gasteiger partial charge on any atom is -0.508 e. The highest BCUT2D eigenvalue weighted by molar-refractivity contribution is 7.99. The minimum absolute atomic E-state index is 0.180. The molecule has 0 bridgehead atoms. The predicted octanol–water partition coefficient (Wildman–Crippen LogP) is 7.78. The molecule has 1 unspecified atom stereocenters. The lowest BCUT2D eigenvalue weighted by Gasteiger charge is -2.27. The number of para-hydroxylation sites is 1. The number of fused-ring (bicyclic) bond motifs is 1. The van der Waals surface area contributed by atoms with Crippen molar-refractivity contribution in [3.63, 3.8) is 0 Å². The first-order chi connectivity index (χ1) is 17.9. The number of phenolic OH excluding ortho intramolecular Hbond substituents is 2. The highest BCUT2D eigenvalue weighted by Crippen LogP contribution is 2.45. The lowest BCUT2D eigenvalue weighted by atomic mass is 10.1. The molecule has 0 radical (unpaired) electrons. The summed E-state index contributed by atoms with van der Waals surface area (Å²) in [6.07, 6.45) is 1.23. The fraction of sp³-hybridized carbons (Fsp3) is 0.419. The highest BCUT2D eigenvalue weighted by Gasteiger charge is 2.22. The van der Waals surface area contributed by atoms with Crippen LogP contribution in [0, 0.1) is 5.92 Å². The summed E-state index contributed by atoms with van der Waals surface area (Å²) in [5, 5.41) is 18.9. The van der Waals surface area contributed by atoms with Gasteiger partial charge >= 0.3 is 0 Å². The Balaban J connectivity index is 0.000000245. The van der Waals surface area contributed by atoms with Crippen molar-refractivity contribution in [3.05, 3.63) is 78.4 Å². The molecule has 0 saturated heterocycles. The second-order valence-electron chi connectivity index (χ2n) is 9.07. The van der Waals surface area contributed by atoms with Gasteiger partial charge in [0.15, 0.2) is 0 Å². The van der Waals surface area contributed by atoms with E-state index in [9.17, 15) is 10.2 Å². The smallest absolute Gasteiger partial charge is 0.133 e. The van der Waals surface area contributed by atoms with Crippen LogP contribution in [0.3, 0.4) is 0 Å². The number of ether oxygens (including phenoxy) is 2. The SMILES string of the molecule is CC.CC[C@H](C)CN(C)C(C)COc1ccccc1.Oc1ccc([C@@H]2COc3ccc(O)cc3S2)cc1. The van der Waals surface area contributed by atoms with E-state index in [0.717, 1.165) is 41.0 Å². The summed E-state index contributed by atoms with van der Waals surface area (Å²) in [5.74, 6) is 3.03. The van der Waals surface area contributed by atoms with Crippen molar-refractivity contribution in [1.82, 2.24) is 4.90 Å². The van der Waals surface area contributed by atoms with E-state index in [-0.39, 0.29) is 16.7 Å². The molecule has 3 aromatic carbocycles. The van der Waals surface area contributed by atoms with E-state index in [0.29, 0.717) is 12.6 Å². The van der Waals surface area contributed by atoms with Crippen molar-refractivity contribution in [2.24, 2.45) is 5.92 Å². The van der Waals surface area contributed by atoms with Crippen LogP contribution >= 0.6 is 11.8 Å². The van der Waals surface area contributed by atoms with Crippen LogP contribution in [0.1, 0.15) is 51.9 Å². The molecule has 1 aliphatic rings. The third kappa shape index (κ3) is 10.2. The number of benzene rings is 3. The number of phenols is 2. The second kappa shape index (κ2) is 16.1. The van der Waals surface area contributed by atoms with Crippen LogP contribution in [0.15, 0.2) is 77.7 Å². The lowest BCUT2D eigenvalue weighted by Crippen LogP contribution is -2.36. The van der Waals surface area contributed by atoms with Gasteiger partial charge in [0.1, 0.15) is 36.2 Å². The zero-order valence-electron chi connectivity index (χ0n) is 23.1. The van der Waals surface area contributed by atoms with Crippen molar-refractivity contribution in [3.8, 4) is 23.0 Å². The third-order valence-electron chi connectivity index (χ3n) is 6.14. The molecule has 1 heterocycles. The van der Waals surface area contributed by atoms with E-state index in [1.807, 2.05) is 56.3 Å². The topological polar surface area (TPSA) is 62.2 Å². The van der Waals surface area contributed by atoms with Crippen molar-refractivity contribution >= 4 is 11.8 Å². The number of likely N-dealkylation sites (N-methyl/N-ethyl adjacent to an activating group) is 1. The standard InChI is InChI=1S/C15H25NO.C14H12O3S.C2H6/c1-5-13(2)11-16(4)14(3)12-17-15-9-7-6-8-10-15;15-10-3-1-9(2-4-10)14-8-17-12-6-5-11(16)7-13(12)18-14;1-2/h6-10,13-14H,5,11-12H2,1-4H3;1-7,14-16H,8H2;1-2H3/t13-,14?;14-;/m00./s1. The monoisotopic (exact) mass is 525 g/mol. The molecular weight excluding hydrogens is 482 g/mol. The summed E-state index contributed by atoms with van der Waals surface area (Å²) in [5.41, 5.74) is 1.10. The molecule has 2 N–H and O–H groups in total. The maximum Gasteiger partial charge on any atom is 0.133 e. The molecule has 0 saturated carbocycles. The summed E-state index contributed by atoms with van der Waals surface area (Å²) >= 11 is 1.66. The summed E-state index contributed by atoms with van der Waals surface area (Å²) in [6, 6.07) is 22.7. The van der Waals surface area contributed by atoms with Crippen LogP contribution in [0.5, 0.6) is 23.0 Å². The first-order valence-electron chi connectivity index (χ1n) is 13.1. The summed E-state index contributed by atoms with van der Waals surface area (Å²) in [4.78, 5) is 3.32. The van der Waals surface area contributed by atoms with Gasteiger partial charge in [-0.05, 0) is 67.9 Å². The fourth-order valence-electron chi connectivity index (χ4n) is 3.58. The normalized spacial score (nSPS) is 15.6. The Kier molecular flexibility index (Phi) is 13.2. The number of thioether (sulfide) groups is 1. The average molecular weight is 526 g/mol. The summed E-state index contributed by atoms with van der Waals surface area (Å²) in [6.45, 7) is 13.2. The molecular formula is C31H43NO4S. The number of rotatable bonds is 8. The molecule has 5 nitrogen and oxygen atoms in total. The van der Waals surface area contributed by atoms with E-state index < -0.39 is 0 Å². The van der Waals surface area contributed by atoms with E-state index >= 15 is 0 Å². The van der Waals surface area contributed by atoms with Gasteiger partial charge < -0.3 is 24.6 Å². The summed E-state index contributed by atoms with van der Waals surface area (Å²) < 4.78 is 11.4. The van der Waals surface area contributed by atoms with E-state index in [2.05, 4.69) is 32.7 Å². The zero-order valence-corrected chi connectivity index (χ0v) is 23.9. The Morgan fingerprint density at radius 1 is 0.973 bits per heavy atom. The Morgan fingerprint density at radius 2 is 1.62 bits per heavy atom. The molecule has 6 heteroatoms. The summed E-state index contributed by atoms with van der Waals surface area (Å²) in [7, 11) is 2.17. The van der Waals surface area contributed by atoms with Crippen LogP contribution in [0.25, 0.3) is 0 Å². The van der Waals surface area contributed by atoms with Crippen molar-refractivity contribution in [2.45, 2.75) is 57.2 Å². The number of hydrogen-bond acceptors (Lipinski definition) is 6. The van der Waals surface area contributed by atoms with Gasteiger partial charge in [0, 0.05) is 12.6 Å². The van der Waals surface area contributed by atoms with Crippen molar-refractivity contribution in [2.75, 3.05) is 26.8 Å². The Bertz CT molecular complexity index is 1030. The first-order valence-corrected chi connectivity index (χ1v) is 14.0. The fourth-order valence-corrected chi connectivity index (χ4v) is 4.74. The van der Waals surface area contributed by atoms with Gasteiger partial charge in [-0.15, -0.1) is 11.8 Å². The Labute approximate surface area is 227 Å². The van der Waals surface area contributed by atoms with Crippen LogP contribution < -0.4 is 9.47 Å². The minimum atomic E-state index is 0.180. The predicted molar refractivity (Wildman–Crippen MR) is 155 cm³/mol. The quantitative estimate of drug-likeness (QED) is 0.313. The first kappa shape index (κ1) is 30.4. The molecule has 202 valence electrons. The van der Waals surface area contributed by atoms with E-state index in [4.69, 9.17) is 9.47 Å². The molecule has 1 aliphatic heterocycles. The lowest BCUT2D eigenvalue weighted by molar-refractivity contribution is 0.156. The number of hydrogen-bond donors (Lipinski definition) is 2. The highest BCUT2D eigenvalue weighted by atomic mass is 32.2. The second-order valence-corrected chi connectivity index (χ2v) is 10.3. The van der Waals surface area contributed by atoms with Gasteiger partial charge in [-0.1, -0.05) is 64.4 Å².